The van der Waals surface area contributed by atoms with E-state index in [1.54, 1.807) is 12.1 Å². The van der Waals surface area contributed by atoms with Crippen molar-refractivity contribution in [3.8, 4) is 5.75 Å². The average Bonchev–Trinajstić information content (AvgIpc) is 2.96. The lowest BCUT2D eigenvalue weighted by molar-refractivity contribution is -0.385. The molecule has 0 aromatic heterocycles. The van der Waals surface area contributed by atoms with Crippen LogP contribution in [0.5, 0.6) is 5.75 Å². The topological polar surface area (TPSA) is 94.3 Å². The first-order valence-electron chi connectivity index (χ1n) is 7.26. The van der Waals surface area contributed by atoms with E-state index in [0.29, 0.717) is 41.9 Å². The maximum atomic E-state index is 12.1. The van der Waals surface area contributed by atoms with Crippen LogP contribution in [0.3, 0.4) is 0 Å². The quantitative estimate of drug-likeness (QED) is 0.467. The number of benzene rings is 1. The van der Waals surface area contributed by atoms with Crippen molar-refractivity contribution in [2.75, 3.05) is 33.4 Å². The van der Waals surface area contributed by atoms with Gasteiger partial charge in [0.2, 0.25) is 0 Å². The molecule has 1 amide bonds. The third-order valence-electron chi connectivity index (χ3n) is 3.59. The number of hydrogen-bond donors (Lipinski definition) is 0. The molecule has 0 unspecified atom stereocenters. The van der Waals surface area contributed by atoms with Crippen molar-refractivity contribution in [2.24, 2.45) is 4.99 Å². The Kier molecular flexibility index (Phi) is 4.81. The van der Waals surface area contributed by atoms with Gasteiger partial charge in [0, 0.05) is 19.2 Å². The number of carbonyl (C=O) groups is 1. The summed E-state index contributed by atoms with van der Waals surface area (Å²) in [7, 11) is 1.37. The van der Waals surface area contributed by atoms with E-state index in [0.717, 1.165) is 0 Å². The van der Waals surface area contributed by atoms with Gasteiger partial charge in [-0.15, -0.1) is 0 Å². The van der Waals surface area contributed by atoms with Gasteiger partial charge in [-0.2, -0.15) is 4.99 Å². The normalized spacial score (nSPS) is 19.5. The molecule has 2 aliphatic heterocycles. The molecule has 0 aliphatic carbocycles. The Bertz CT molecular complexity index is 741. The van der Waals surface area contributed by atoms with E-state index >= 15 is 0 Å². The van der Waals surface area contributed by atoms with Gasteiger partial charge < -0.3 is 14.4 Å². The summed E-state index contributed by atoms with van der Waals surface area (Å²) in [5.74, 6) is -0.155. The molecule has 1 aromatic rings. The fourth-order valence-corrected chi connectivity index (χ4v) is 3.34. The smallest absolute Gasteiger partial charge is 0.311 e. The van der Waals surface area contributed by atoms with Crippen LogP contribution in [-0.4, -0.2) is 54.3 Å². The second-order valence-corrected chi connectivity index (χ2v) is 6.11. The predicted octanol–water partition coefficient (Wildman–Crippen LogP) is 1.91. The van der Waals surface area contributed by atoms with Crippen LogP contribution < -0.4 is 4.74 Å². The Labute approximate surface area is 142 Å². The van der Waals surface area contributed by atoms with Gasteiger partial charge in [0.15, 0.2) is 10.9 Å². The monoisotopic (exact) mass is 349 g/mol. The Morgan fingerprint density at radius 2 is 2.17 bits per heavy atom. The third-order valence-corrected chi connectivity index (χ3v) is 4.63. The summed E-state index contributed by atoms with van der Waals surface area (Å²) in [6, 6.07) is 4.56. The number of carbonyl (C=O) groups excluding carboxylic acids is 1. The molecule has 0 atom stereocenters. The van der Waals surface area contributed by atoms with Gasteiger partial charge >= 0.3 is 5.69 Å². The number of nitro groups is 1. The molecule has 126 valence electrons. The zero-order valence-corrected chi connectivity index (χ0v) is 13.7. The van der Waals surface area contributed by atoms with Gasteiger partial charge in [0.25, 0.3) is 5.91 Å². The fraction of sp³-hybridized carbons (Fsp3) is 0.333. The number of nitro benzene ring substituents is 1. The highest BCUT2D eigenvalue weighted by Crippen LogP contribution is 2.33. The van der Waals surface area contributed by atoms with Crippen LogP contribution in [0.4, 0.5) is 5.69 Å². The van der Waals surface area contributed by atoms with Gasteiger partial charge in [0.05, 0.1) is 30.2 Å². The molecule has 2 heterocycles. The van der Waals surface area contributed by atoms with E-state index < -0.39 is 4.92 Å². The van der Waals surface area contributed by atoms with Crippen LogP contribution in [0.25, 0.3) is 6.08 Å². The largest absolute Gasteiger partial charge is 0.490 e. The molecule has 0 saturated carbocycles. The summed E-state index contributed by atoms with van der Waals surface area (Å²) in [6.45, 7) is 2.61. The summed E-state index contributed by atoms with van der Waals surface area (Å²) >= 11 is 1.28. The Morgan fingerprint density at radius 3 is 2.83 bits per heavy atom. The Hall–Kier alpha value is -2.39. The molecule has 9 heteroatoms. The third kappa shape index (κ3) is 3.41. The number of hydrogen-bond acceptors (Lipinski definition) is 7. The van der Waals surface area contributed by atoms with Crippen LogP contribution in [0.1, 0.15) is 5.56 Å². The summed E-state index contributed by atoms with van der Waals surface area (Å²) in [6.07, 6.45) is 1.61. The molecule has 0 bridgehead atoms. The summed E-state index contributed by atoms with van der Waals surface area (Å²) in [5.41, 5.74) is 0.411. The van der Waals surface area contributed by atoms with Gasteiger partial charge in [-0.3, -0.25) is 14.9 Å². The first-order chi connectivity index (χ1) is 11.6. The molecule has 0 N–H and O–H groups in total. The summed E-state index contributed by atoms with van der Waals surface area (Å²) in [4.78, 5) is 29.2. The van der Waals surface area contributed by atoms with Gasteiger partial charge in [-0.1, -0.05) is 6.07 Å². The highest BCUT2D eigenvalue weighted by Gasteiger charge is 2.27. The number of amidine groups is 1. The van der Waals surface area contributed by atoms with E-state index in [1.165, 1.54) is 31.0 Å². The summed E-state index contributed by atoms with van der Waals surface area (Å²) in [5, 5.41) is 11.7. The van der Waals surface area contributed by atoms with E-state index in [4.69, 9.17) is 9.47 Å². The minimum Gasteiger partial charge on any atom is -0.490 e. The van der Waals surface area contributed by atoms with E-state index in [-0.39, 0.29) is 17.3 Å². The molecule has 24 heavy (non-hydrogen) atoms. The predicted molar refractivity (Wildman–Crippen MR) is 90.1 cm³/mol. The highest BCUT2D eigenvalue weighted by atomic mass is 32.2. The average molecular weight is 349 g/mol. The SMILES string of the molecule is COc1ccc(/C=C2\SC(N3CCOCC3)=NC2=O)cc1[N+](=O)[O-]. The first kappa shape index (κ1) is 16.5. The van der Waals surface area contributed by atoms with E-state index in [9.17, 15) is 14.9 Å². The lowest BCUT2D eigenvalue weighted by Crippen LogP contribution is -2.38. The Balaban J connectivity index is 1.81. The standard InChI is InChI=1S/C15H15N3O5S/c1-22-12-3-2-10(8-11(12)18(20)21)9-13-14(19)16-15(24-13)17-4-6-23-7-5-17/h2-3,8-9H,4-7H2,1H3/b13-9-. The number of ether oxygens (including phenoxy) is 2. The molecule has 8 nitrogen and oxygen atoms in total. The van der Waals surface area contributed by atoms with Gasteiger partial charge in [0.1, 0.15) is 0 Å². The zero-order chi connectivity index (χ0) is 17.1. The number of thioether (sulfide) groups is 1. The van der Waals surface area contributed by atoms with E-state index in [2.05, 4.69) is 4.99 Å². The van der Waals surface area contributed by atoms with Crippen molar-refractivity contribution in [1.82, 2.24) is 4.90 Å². The molecule has 2 aliphatic rings. The molecule has 0 radical (unpaired) electrons. The number of morpholine rings is 1. The number of methoxy groups -OCH3 is 1. The second kappa shape index (κ2) is 7.02. The number of amides is 1. The zero-order valence-electron chi connectivity index (χ0n) is 12.9. The highest BCUT2D eigenvalue weighted by molar-refractivity contribution is 8.18. The minimum atomic E-state index is -0.514. The lowest BCUT2D eigenvalue weighted by atomic mass is 10.1. The Morgan fingerprint density at radius 1 is 1.42 bits per heavy atom. The molecule has 0 spiro atoms. The second-order valence-electron chi connectivity index (χ2n) is 5.10. The van der Waals surface area contributed by atoms with Crippen LogP contribution in [0.2, 0.25) is 0 Å². The van der Waals surface area contributed by atoms with Crippen LogP contribution in [-0.2, 0) is 9.53 Å². The van der Waals surface area contributed by atoms with Crippen LogP contribution in [0, 0.1) is 10.1 Å². The van der Waals surface area contributed by atoms with Crippen molar-refractivity contribution < 1.29 is 19.2 Å². The van der Waals surface area contributed by atoms with Crippen molar-refractivity contribution >= 4 is 34.6 Å². The van der Waals surface area contributed by atoms with Gasteiger partial charge in [-0.25, -0.2) is 0 Å². The maximum absolute atomic E-state index is 12.1. The molecule has 1 fully saturated rings. The summed E-state index contributed by atoms with van der Waals surface area (Å²) < 4.78 is 10.3. The molecule has 1 saturated heterocycles. The number of nitrogens with zero attached hydrogens (tertiary/aromatic N) is 3. The van der Waals surface area contributed by atoms with Crippen LogP contribution in [0.15, 0.2) is 28.1 Å². The molecule has 3 rings (SSSR count). The molecule has 1 aromatic carbocycles. The maximum Gasteiger partial charge on any atom is 0.311 e. The van der Waals surface area contributed by atoms with Crippen molar-refractivity contribution in [2.45, 2.75) is 0 Å². The van der Waals surface area contributed by atoms with Crippen molar-refractivity contribution in [1.29, 1.82) is 0 Å². The van der Waals surface area contributed by atoms with Crippen molar-refractivity contribution in [3.63, 3.8) is 0 Å². The number of aliphatic imine (C=N–C) groups is 1. The van der Waals surface area contributed by atoms with Gasteiger partial charge in [-0.05, 0) is 29.5 Å². The molecular weight excluding hydrogens is 334 g/mol. The van der Waals surface area contributed by atoms with Crippen LogP contribution >= 0.6 is 11.8 Å². The van der Waals surface area contributed by atoms with E-state index in [1.807, 2.05) is 4.90 Å². The minimum absolute atomic E-state index is 0.142. The number of rotatable bonds is 3. The fourth-order valence-electron chi connectivity index (χ4n) is 2.38. The molecular formula is C15H15N3O5S. The van der Waals surface area contributed by atoms with Crippen molar-refractivity contribution in [3.05, 3.63) is 38.8 Å². The first-order valence-corrected chi connectivity index (χ1v) is 8.08. The lowest BCUT2D eigenvalue weighted by Gasteiger charge is -2.27.